The van der Waals surface area contributed by atoms with Crippen LogP contribution in [0.5, 0.6) is 0 Å². The lowest BCUT2D eigenvalue weighted by atomic mass is 10.3. The molecule has 1 saturated carbocycles. The van der Waals surface area contributed by atoms with Gasteiger partial charge >= 0.3 is 0 Å². The van der Waals surface area contributed by atoms with E-state index in [2.05, 4.69) is 15.2 Å². The highest BCUT2D eigenvalue weighted by Gasteiger charge is 2.46. The SMILES string of the molecule is C(CCN1CCCC1)CSC1=NCC2(CC2)N1. The summed E-state index contributed by atoms with van der Waals surface area (Å²) in [6, 6.07) is 0. The minimum absolute atomic E-state index is 0.428. The van der Waals surface area contributed by atoms with Gasteiger partial charge in [-0.2, -0.15) is 0 Å². The zero-order chi connectivity index (χ0) is 11.6. The smallest absolute Gasteiger partial charge is 0.157 e. The van der Waals surface area contributed by atoms with Crippen LogP contribution in [0.2, 0.25) is 0 Å². The molecule has 17 heavy (non-hydrogen) atoms. The van der Waals surface area contributed by atoms with Gasteiger partial charge in [-0.25, -0.2) is 0 Å². The molecule has 1 spiro atoms. The monoisotopic (exact) mass is 253 g/mol. The second-order valence-electron chi connectivity index (χ2n) is 5.63. The van der Waals surface area contributed by atoms with Crippen molar-refractivity contribution in [2.24, 2.45) is 4.99 Å². The molecule has 1 saturated heterocycles. The predicted molar refractivity (Wildman–Crippen MR) is 74.8 cm³/mol. The van der Waals surface area contributed by atoms with Crippen LogP contribution in [0.15, 0.2) is 4.99 Å². The van der Waals surface area contributed by atoms with E-state index in [4.69, 9.17) is 0 Å². The van der Waals surface area contributed by atoms with Crippen LogP contribution in [0.1, 0.15) is 38.5 Å². The molecule has 2 fully saturated rings. The van der Waals surface area contributed by atoms with E-state index in [1.807, 2.05) is 11.8 Å². The number of aliphatic imine (C=N–C) groups is 1. The summed E-state index contributed by atoms with van der Waals surface area (Å²) in [6.07, 6.45) is 8.17. The molecule has 3 aliphatic rings. The fourth-order valence-corrected chi connectivity index (χ4v) is 3.64. The molecule has 96 valence electrons. The van der Waals surface area contributed by atoms with E-state index in [-0.39, 0.29) is 0 Å². The van der Waals surface area contributed by atoms with Crippen molar-refractivity contribution >= 4 is 16.9 Å². The Bertz CT molecular complexity index is 293. The molecule has 2 heterocycles. The van der Waals surface area contributed by atoms with Gasteiger partial charge in [-0.05, 0) is 58.2 Å². The van der Waals surface area contributed by atoms with E-state index in [0.29, 0.717) is 5.54 Å². The van der Waals surface area contributed by atoms with Crippen LogP contribution in [0.3, 0.4) is 0 Å². The second kappa shape index (κ2) is 5.19. The molecule has 0 atom stereocenters. The van der Waals surface area contributed by atoms with Crippen molar-refractivity contribution in [2.75, 3.05) is 31.9 Å². The fourth-order valence-electron chi connectivity index (χ4n) is 2.66. The van der Waals surface area contributed by atoms with E-state index in [0.717, 1.165) is 6.54 Å². The topological polar surface area (TPSA) is 27.6 Å². The lowest BCUT2D eigenvalue weighted by molar-refractivity contribution is 0.333. The first-order chi connectivity index (χ1) is 8.36. The number of hydrogen-bond donors (Lipinski definition) is 1. The molecule has 0 radical (unpaired) electrons. The van der Waals surface area contributed by atoms with Crippen LogP contribution < -0.4 is 5.32 Å². The number of nitrogens with zero attached hydrogens (tertiary/aromatic N) is 2. The number of thioether (sulfide) groups is 1. The van der Waals surface area contributed by atoms with Gasteiger partial charge in [-0.1, -0.05) is 11.8 Å². The van der Waals surface area contributed by atoms with Crippen LogP contribution in [0.25, 0.3) is 0 Å². The third kappa shape index (κ3) is 3.16. The number of hydrogen-bond acceptors (Lipinski definition) is 4. The molecule has 0 aromatic carbocycles. The average molecular weight is 253 g/mol. The highest BCUT2D eigenvalue weighted by atomic mass is 32.2. The maximum absolute atomic E-state index is 4.58. The quantitative estimate of drug-likeness (QED) is 0.760. The van der Waals surface area contributed by atoms with Gasteiger partial charge in [-0.15, -0.1) is 0 Å². The number of nitrogens with one attached hydrogen (secondary N) is 1. The lowest BCUT2D eigenvalue weighted by Crippen LogP contribution is -2.30. The third-order valence-corrected chi connectivity index (χ3v) is 5.05. The minimum Gasteiger partial charge on any atom is -0.358 e. The van der Waals surface area contributed by atoms with Gasteiger partial charge in [-0.3, -0.25) is 4.99 Å². The van der Waals surface area contributed by atoms with E-state index in [1.54, 1.807) is 0 Å². The number of amidine groups is 1. The van der Waals surface area contributed by atoms with Gasteiger partial charge in [0.2, 0.25) is 0 Å². The van der Waals surface area contributed by atoms with Crippen molar-refractivity contribution in [1.82, 2.24) is 10.2 Å². The van der Waals surface area contributed by atoms with Crippen LogP contribution >= 0.6 is 11.8 Å². The third-order valence-electron chi connectivity index (χ3n) is 4.06. The first-order valence-electron chi connectivity index (χ1n) is 7.04. The minimum atomic E-state index is 0.428. The van der Waals surface area contributed by atoms with Crippen molar-refractivity contribution in [3.8, 4) is 0 Å². The fraction of sp³-hybridized carbons (Fsp3) is 0.923. The largest absolute Gasteiger partial charge is 0.358 e. The predicted octanol–water partition coefficient (Wildman–Crippen LogP) is 2.09. The normalized spacial score (nSPS) is 26.2. The molecular weight excluding hydrogens is 230 g/mol. The molecule has 2 aliphatic heterocycles. The van der Waals surface area contributed by atoms with Gasteiger partial charge in [0.1, 0.15) is 0 Å². The molecule has 0 unspecified atom stereocenters. The molecule has 1 aliphatic carbocycles. The summed E-state index contributed by atoms with van der Waals surface area (Å²) in [7, 11) is 0. The maximum Gasteiger partial charge on any atom is 0.157 e. The van der Waals surface area contributed by atoms with E-state index >= 15 is 0 Å². The van der Waals surface area contributed by atoms with Crippen molar-refractivity contribution in [2.45, 2.75) is 44.1 Å². The van der Waals surface area contributed by atoms with E-state index < -0.39 is 0 Å². The number of unbranched alkanes of at least 4 members (excludes halogenated alkanes) is 1. The van der Waals surface area contributed by atoms with Crippen molar-refractivity contribution < 1.29 is 0 Å². The molecule has 3 nitrogen and oxygen atoms in total. The summed E-state index contributed by atoms with van der Waals surface area (Å²) < 4.78 is 0. The summed E-state index contributed by atoms with van der Waals surface area (Å²) in [4.78, 5) is 7.19. The average Bonchev–Trinajstić information content (AvgIpc) is 2.78. The Morgan fingerprint density at radius 1 is 1.24 bits per heavy atom. The molecule has 3 rings (SSSR count). The zero-order valence-electron chi connectivity index (χ0n) is 10.6. The molecule has 0 amide bonds. The Morgan fingerprint density at radius 2 is 2.06 bits per heavy atom. The lowest BCUT2D eigenvalue weighted by Gasteiger charge is -2.13. The Labute approximate surface area is 108 Å². The van der Waals surface area contributed by atoms with Crippen molar-refractivity contribution in [1.29, 1.82) is 0 Å². The highest BCUT2D eigenvalue weighted by Crippen LogP contribution is 2.39. The van der Waals surface area contributed by atoms with Crippen LogP contribution in [0, 0.1) is 0 Å². The van der Waals surface area contributed by atoms with E-state index in [1.165, 1.54) is 69.1 Å². The first-order valence-corrected chi connectivity index (χ1v) is 8.03. The maximum atomic E-state index is 4.58. The molecule has 1 N–H and O–H groups in total. The standard InChI is InChI=1S/C13H23N3S/c1-2-8-16(7-1)9-3-4-10-17-12-14-11-13(15-12)5-6-13/h1-11H2,(H,14,15). The Kier molecular flexibility index (Phi) is 3.61. The zero-order valence-corrected chi connectivity index (χ0v) is 11.4. The Morgan fingerprint density at radius 3 is 2.76 bits per heavy atom. The summed E-state index contributed by atoms with van der Waals surface area (Å²) >= 11 is 1.93. The number of rotatable bonds is 5. The van der Waals surface area contributed by atoms with Gasteiger partial charge in [0.25, 0.3) is 0 Å². The summed E-state index contributed by atoms with van der Waals surface area (Å²) in [5, 5.41) is 4.79. The molecular formula is C13H23N3S. The first kappa shape index (κ1) is 11.8. The second-order valence-corrected chi connectivity index (χ2v) is 6.71. The van der Waals surface area contributed by atoms with E-state index in [9.17, 15) is 0 Å². The van der Waals surface area contributed by atoms with Crippen LogP contribution in [-0.4, -0.2) is 47.5 Å². The molecule has 0 aromatic heterocycles. The summed E-state index contributed by atoms with van der Waals surface area (Å²) in [6.45, 7) is 5.02. The summed E-state index contributed by atoms with van der Waals surface area (Å²) in [5.74, 6) is 1.23. The van der Waals surface area contributed by atoms with Gasteiger partial charge in [0.15, 0.2) is 5.17 Å². The van der Waals surface area contributed by atoms with Crippen LogP contribution in [0.4, 0.5) is 0 Å². The summed E-state index contributed by atoms with van der Waals surface area (Å²) in [5.41, 5.74) is 0.428. The van der Waals surface area contributed by atoms with Gasteiger partial charge < -0.3 is 10.2 Å². The van der Waals surface area contributed by atoms with Crippen molar-refractivity contribution in [3.63, 3.8) is 0 Å². The Balaban J connectivity index is 1.23. The molecule has 0 bridgehead atoms. The Hall–Kier alpha value is -0.220. The molecule has 0 aromatic rings. The van der Waals surface area contributed by atoms with Crippen LogP contribution in [-0.2, 0) is 0 Å². The molecule has 4 heteroatoms. The van der Waals surface area contributed by atoms with Gasteiger partial charge in [0.05, 0.1) is 12.1 Å². The van der Waals surface area contributed by atoms with Crippen molar-refractivity contribution in [3.05, 3.63) is 0 Å². The number of likely N-dealkylation sites (tertiary alicyclic amines) is 1. The highest BCUT2D eigenvalue weighted by molar-refractivity contribution is 8.13. The van der Waals surface area contributed by atoms with Gasteiger partial charge in [0, 0.05) is 5.75 Å².